The number of aromatic amines is 1. The second kappa shape index (κ2) is 8.22. The molecular weight excluding hydrogens is 390 g/mol. The summed E-state index contributed by atoms with van der Waals surface area (Å²) in [4.78, 5) is 28.9. The third kappa shape index (κ3) is 3.89. The fourth-order valence-corrected chi connectivity index (χ4v) is 3.99. The highest BCUT2D eigenvalue weighted by Gasteiger charge is 2.25. The lowest BCUT2D eigenvalue weighted by atomic mass is 10.0. The SMILES string of the molecule is Cc1nn(-c2ccccc2)c(C)c1CC(=O)O[C@@H](C)C(=O)c1c(C)[nH]c2ccccc12. The lowest BCUT2D eigenvalue weighted by Gasteiger charge is -2.13. The Hall–Kier alpha value is -3.67. The molecule has 31 heavy (non-hydrogen) atoms. The summed E-state index contributed by atoms with van der Waals surface area (Å²) in [5.74, 6) is -0.658. The number of carbonyl (C=O) groups is 2. The van der Waals surface area contributed by atoms with Gasteiger partial charge in [-0.3, -0.25) is 9.59 Å². The van der Waals surface area contributed by atoms with Gasteiger partial charge in [0.05, 0.1) is 17.8 Å². The van der Waals surface area contributed by atoms with Gasteiger partial charge in [0.15, 0.2) is 6.10 Å². The molecule has 4 rings (SSSR count). The van der Waals surface area contributed by atoms with Crippen LogP contribution in [0.15, 0.2) is 54.6 Å². The van der Waals surface area contributed by atoms with Crippen LogP contribution in [0.3, 0.4) is 0 Å². The summed E-state index contributed by atoms with van der Waals surface area (Å²) >= 11 is 0. The predicted molar refractivity (Wildman–Crippen MR) is 120 cm³/mol. The minimum Gasteiger partial charge on any atom is -0.454 e. The van der Waals surface area contributed by atoms with Crippen molar-refractivity contribution < 1.29 is 14.3 Å². The number of Topliss-reactive ketones (excluding diaryl/α,β-unsaturated/α-hetero) is 1. The Bertz CT molecular complexity index is 1270. The molecule has 4 aromatic rings. The van der Waals surface area contributed by atoms with Crippen molar-refractivity contribution in [2.24, 2.45) is 0 Å². The molecule has 0 amide bonds. The number of nitrogens with one attached hydrogen (secondary N) is 1. The number of benzene rings is 2. The monoisotopic (exact) mass is 415 g/mol. The van der Waals surface area contributed by atoms with Crippen molar-refractivity contribution in [3.8, 4) is 5.69 Å². The molecule has 2 heterocycles. The van der Waals surface area contributed by atoms with Crippen LogP contribution in [-0.4, -0.2) is 32.6 Å². The van der Waals surface area contributed by atoms with Crippen molar-refractivity contribution in [2.75, 3.05) is 0 Å². The number of rotatable bonds is 6. The van der Waals surface area contributed by atoms with Crippen molar-refractivity contribution in [3.05, 3.63) is 82.8 Å². The third-order valence-corrected chi connectivity index (χ3v) is 5.58. The Kier molecular flexibility index (Phi) is 5.46. The minimum atomic E-state index is -0.879. The van der Waals surface area contributed by atoms with Gasteiger partial charge in [0.1, 0.15) is 0 Å². The molecule has 0 radical (unpaired) electrons. The van der Waals surface area contributed by atoms with Crippen LogP contribution < -0.4 is 0 Å². The van der Waals surface area contributed by atoms with E-state index in [2.05, 4.69) is 10.1 Å². The predicted octanol–water partition coefficient (Wildman–Crippen LogP) is 4.64. The molecule has 0 saturated heterocycles. The van der Waals surface area contributed by atoms with Crippen LogP contribution in [0.4, 0.5) is 0 Å². The Morgan fingerprint density at radius 1 is 1.03 bits per heavy atom. The van der Waals surface area contributed by atoms with Gasteiger partial charge in [-0.2, -0.15) is 5.10 Å². The largest absolute Gasteiger partial charge is 0.454 e. The average molecular weight is 415 g/mol. The number of aromatic nitrogens is 3. The second-order valence-corrected chi connectivity index (χ2v) is 7.74. The van der Waals surface area contributed by atoms with Crippen molar-refractivity contribution in [1.29, 1.82) is 0 Å². The number of nitrogens with zero attached hydrogens (tertiary/aromatic N) is 2. The van der Waals surface area contributed by atoms with Gasteiger partial charge in [0, 0.05) is 33.4 Å². The number of hydrogen-bond acceptors (Lipinski definition) is 4. The molecule has 0 aliphatic heterocycles. The fraction of sp³-hybridized carbons (Fsp3) is 0.240. The van der Waals surface area contributed by atoms with Crippen molar-refractivity contribution in [2.45, 2.75) is 40.2 Å². The lowest BCUT2D eigenvalue weighted by molar-refractivity contribution is -0.145. The number of hydrogen-bond donors (Lipinski definition) is 1. The van der Waals surface area contributed by atoms with E-state index >= 15 is 0 Å². The van der Waals surface area contributed by atoms with Gasteiger partial charge in [0.2, 0.25) is 5.78 Å². The smallest absolute Gasteiger partial charge is 0.311 e. The first kappa shape index (κ1) is 20.6. The van der Waals surface area contributed by atoms with Gasteiger partial charge < -0.3 is 9.72 Å². The summed E-state index contributed by atoms with van der Waals surface area (Å²) in [6, 6.07) is 17.4. The summed E-state index contributed by atoms with van der Waals surface area (Å²) in [5, 5.41) is 5.41. The normalized spacial score (nSPS) is 12.1. The molecule has 0 unspecified atom stereocenters. The minimum absolute atomic E-state index is 0.0645. The van der Waals surface area contributed by atoms with Gasteiger partial charge >= 0.3 is 5.97 Å². The number of carbonyl (C=O) groups excluding carboxylic acids is 2. The van der Waals surface area contributed by atoms with E-state index in [1.165, 1.54) is 0 Å². The maximum atomic E-state index is 13.0. The molecule has 1 N–H and O–H groups in total. The molecule has 0 saturated carbocycles. The topological polar surface area (TPSA) is 77.0 Å². The van der Waals surface area contributed by atoms with Gasteiger partial charge in [-0.05, 0) is 45.9 Å². The number of esters is 1. The summed E-state index contributed by atoms with van der Waals surface area (Å²) in [6.07, 6.45) is -0.815. The zero-order chi connectivity index (χ0) is 22.1. The maximum Gasteiger partial charge on any atom is 0.311 e. The van der Waals surface area contributed by atoms with Crippen LogP contribution in [-0.2, 0) is 16.0 Å². The Labute approximate surface area is 180 Å². The van der Waals surface area contributed by atoms with E-state index in [0.717, 1.165) is 39.2 Å². The first-order valence-corrected chi connectivity index (χ1v) is 10.3. The summed E-state index contributed by atoms with van der Waals surface area (Å²) in [6.45, 7) is 7.28. The van der Waals surface area contributed by atoms with Crippen molar-refractivity contribution in [1.82, 2.24) is 14.8 Å². The van der Waals surface area contributed by atoms with E-state index in [-0.39, 0.29) is 12.2 Å². The average Bonchev–Trinajstić information content (AvgIpc) is 3.24. The van der Waals surface area contributed by atoms with Gasteiger partial charge in [0.25, 0.3) is 0 Å². The zero-order valence-electron chi connectivity index (χ0n) is 18.1. The molecule has 1 atom stereocenters. The number of H-pyrrole nitrogens is 1. The standard InChI is InChI=1S/C25H25N3O3/c1-15-21(17(3)28(27-15)19-10-6-5-7-11-19)14-23(29)31-18(4)25(30)24-16(2)26-22-13-9-8-12-20(22)24/h5-13,18,26H,14H2,1-4H3/t18-/m0/s1. The number of aryl methyl sites for hydroxylation is 2. The van der Waals surface area contributed by atoms with Crippen LogP contribution in [0, 0.1) is 20.8 Å². The van der Waals surface area contributed by atoms with Gasteiger partial charge in [-0.1, -0.05) is 36.4 Å². The third-order valence-electron chi connectivity index (χ3n) is 5.58. The van der Waals surface area contributed by atoms with Crippen molar-refractivity contribution >= 4 is 22.7 Å². The number of ketones is 1. The molecule has 6 nitrogen and oxygen atoms in total. The fourth-order valence-electron chi connectivity index (χ4n) is 3.99. The molecule has 0 spiro atoms. The van der Waals surface area contributed by atoms with Crippen LogP contribution in [0.1, 0.15) is 39.9 Å². The highest BCUT2D eigenvalue weighted by Crippen LogP contribution is 2.24. The molecule has 158 valence electrons. The molecule has 6 heteroatoms. The molecule has 0 aliphatic rings. The first-order valence-electron chi connectivity index (χ1n) is 10.3. The van der Waals surface area contributed by atoms with Crippen molar-refractivity contribution in [3.63, 3.8) is 0 Å². The molecule has 2 aromatic heterocycles. The van der Waals surface area contributed by atoms with E-state index in [1.54, 1.807) is 6.92 Å². The summed E-state index contributed by atoms with van der Waals surface area (Å²) in [5.41, 5.74) is 5.63. The molecule has 0 aliphatic carbocycles. The summed E-state index contributed by atoms with van der Waals surface area (Å²) in [7, 11) is 0. The number of para-hydroxylation sites is 2. The molecular formula is C25H25N3O3. The number of fused-ring (bicyclic) bond motifs is 1. The quantitative estimate of drug-likeness (QED) is 0.368. The van der Waals surface area contributed by atoms with E-state index in [0.29, 0.717) is 5.56 Å². The molecule has 2 aromatic carbocycles. The van der Waals surface area contributed by atoms with Crippen LogP contribution in [0.25, 0.3) is 16.6 Å². The number of ether oxygens (including phenoxy) is 1. The second-order valence-electron chi connectivity index (χ2n) is 7.74. The zero-order valence-corrected chi connectivity index (χ0v) is 18.1. The Morgan fingerprint density at radius 3 is 2.45 bits per heavy atom. The highest BCUT2D eigenvalue weighted by molar-refractivity contribution is 6.11. The lowest BCUT2D eigenvalue weighted by Crippen LogP contribution is -2.25. The van der Waals surface area contributed by atoms with Crippen LogP contribution in [0.5, 0.6) is 0 Å². The first-order chi connectivity index (χ1) is 14.9. The summed E-state index contributed by atoms with van der Waals surface area (Å²) < 4.78 is 7.35. The highest BCUT2D eigenvalue weighted by atomic mass is 16.5. The van der Waals surface area contributed by atoms with Gasteiger partial charge in [-0.25, -0.2) is 4.68 Å². The van der Waals surface area contributed by atoms with Crippen LogP contribution in [0.2, 0.25) is 0 Å². The van der Waals surface area contributed by atoms with E-state index < -0.39 is 12.1 Å². The Morgan fingerprint density at radius 2 is 1.71 bits per heavy atom. The van der Waals surface area contributed by atoms with E-state index in [9.17, 15) is 9.59 Å². The van der Waals surface area contributed by atoms with Crippen LogP contribution >= 0.6 is 0 Å². The Balaban J connectivity index is 1.51. The van der Waals surface area contributed by atoms with E-state index in [4.69, 9.17) is 4.74 Å². The maximum absolute atomic E-state index is 13.0. The molecule has 0 bridgehead atoms. The molecule has 0 fully saturated rings. The van der Waals surface area contributed by atoms with E-state index in [1.807, 2.05) is 80.1 Å². The van der Waals surface area contributed by atoms with Gasteiger partial charge in [-0.15, -0.1) is 0 Å².